The minimum atomic E-state index is -1.10. The van der Waals surface area contributed by atoms with Gasteiger partial charge in [-0.25, -0.2) is 9.18 Å². The molecule has 6 heteroatoms. The molecular weight excluding hydrogens is 503 g/mol. The van der Waals surface area contributed by atoms with Crippen LogP contribution in [0.3, 0.4) is 0 Å². The van der Waals surface area contributed by atoms with E-state index in [-0.39, 0.29) is 28.8 Å². The van der Waals surface area contributed by atoms with Crippen LogP contribution < -0.4 is 4.74 Å². The van der Waals surface area contributed by atoms with Gasteiger partial charge >= 0.3 is 5.97 Å². The lowest BCUT2D eigenvalue weighted by Gasteiger charge is -2.43. The van der Waals surface area contributed by atoms with Crippen molar-refractivity contribution in [3.8, 4) is 5.75 Å². The molecule has 0 amide bonds. The smallest absolute Gasteiger partial charge is 0.341 e. The Labute approximate surface area is 229 Å². The van der Waals surface area contributed by atoms with Gasteiger partial charge in [-0.1, -0.05) is 87.0 Å². The third-order valence-electron chi connectivity index (χ3n) is 7.15. The fourth-order valence-electron chi connectivity index (χ4n) is 5.17. The Morgan fingerprint density at radius 3 is 2.37 bits per heavy atom. The molecule has 0 unspecified atom stereocenters. The number of carbonyl (C=O) groups is 1. The second kappa shape index (κ2) is 11.3. The topological polar surface area (TPSA) is 55.8 Å². The molecule has 1 heterocycles. The Bertz CT molecular complexity index is 1310. The van der Waals surface area contributed by atoms with Gasteiger partial charge in [0.15, 0.2) is 6.61 Å². The zero-order valence-electron chi connectivity index (χ0n) is 22.2. The molecule has 38 heavy (non-hydrogen) atoms. The van der Waals surface area contributed by atoms with Crippen LogP contribution in [0.1, 0.15) is 74.5 Å². The van der Waals surface area contributed by atoms with E-state index in [4.69, 9.17) is 21.1 Å². The molecule has 200 valence electrons. The molecule has 0 bridgehead atoms. The van der Waals surface area contributed by atoms with Crippen LogP contribution in [0.5, 0.6) is 5.75 Å². The average molecular weight is 537 g/mol. The predicted molar refractivity (Wildman–Crippen MR) is 148 cm³/mol. The number of rotatable bonds is 7. The predicted octanol–water partition coefficient (Wildman–Crippen LogP) is 8.42. The molecule has 1 aliphatic rings. The largest absolute Gasteiger partial charge is 0.480 e. The van der Waals surface area contributed by atoms with Crippen molar-refractivity contribution in [1.82, 2.24) is 0 Å². The van der Waals surface area contributed by atoms with Gasteiger partial charge in [0.1, 0.15) is 11.6 Å². The Morgan fingerprint density at radius 2 is 1.76 bits per heavy atom. The van der Waals surface area contributed by atoms with Gasteiger partial charge in [-0.3, -0.25) is 0 Å². The van der Waals surface area contributed by atoms with Crippen LogP contribution in [0.15, 0.2) is 78.9 Å². The fourth-order valence-corrected chi connectivity index (χ4v) is 5.45. The standard InChI is InChI=1S/C32H34ClFO4/c1-19(2)24-17-25(20-10-7-6-8-11-20)29(21-12-9-13-23(34)14-21)38-30(24)26-15-22(32(3,4)5)16-27(33)31(26)37-18-28(35)36/h6-16,24-25,29-30H,1,17-18H2,2-5H3,(H,35,36)/t24-,25-,29+,30+/m1/s1. The van der Waals surface area contributed by atoms with Gasteiger partial charge in [0, 0.05) is 17.4 Å². The number of carboxylic acids is 1. The van der Waals surface area contributed by atoms with Crippen LogP contribution >= 0.6 is 11.6 Å². The first kappa shape index (κ1) is 27.9. The van der Waals surface area contributed by atoms with E-state index in [2.05, 4.69) is 39.5 Å². The minimum Gasteiger partial charge on any atom is -0.480 e. The second-order valence-electron chi connectivity index (χ2n) is 11.0. The molecule has 4 nitrogen and oxygen atoms in total. The number of ether oxygens (including phenoxy) is 2. The van der Waals surface area contributed by atoms with Gasteiger partial charge < -0.3 is 14.6 Å². The molecule has 4 rings (SSSR count). The first-order valence-corrected chi connectivity index (χ1v) is 13.1. The zero-order valence-corrected chi connectivity index (χ0v) is 23.0. The number of carboxylic acid groups (broad SMARTS) is 1. The van der Waals surface area contributed by atoms with Crippen molar-refractivity contribution in [3.63, 3.8) is 0 Å². The minimum absolute atomic E-state index is 0.0550. The van der Waals surface area contributed by atoms with Gasteiger partial charge in [-0.2, -0.15) is 0 Å². The highest BCUT2D eigenvalue weighted by atomic mass is 35.5. The number of aliphatic carboxylic acids is 1. The lowest BCUT2D eigenvalue weighted by molar-refractivity contribution is -0.139. The molecule has 0 aromatic heterocycles. The van der Waals surface area contributed by atoms with Gasteiger partial charge in [0.25, 0.3) is 0 Å². The maximum atomic E-state index is 14.4. The molecule has 1 saturated heterocycles. The monoisotopic (exact) mass is 536 g/mol. The molecule has 0 aliphatic carbocycles. The van der Waals surface area contributed by atoms with Crippen molar-refractivity contribution < 1.29 is 23.8 Å². The van der Waals surface area contributed by atoms with Crippen molar-refractivity contribution in [2.75, 3.05) is 6.61 Å². The molecular formula is C32H34ClFO4. The van der Waals surface area contributed by atoms with Crippen molar-refractivity contribution in [2.45, 2.75) is 57.7 Å². The number of hydrogen-bond acceptors (Lipinski definition) is 3. The van der Waals surface area contributed by atoms with E-state index in [1.807, 2.05) is 43.3 Å². The molecule has 3 aromatic rings. The highest BCUT2D eigenvalue weighted by Gasteiger charge is 2.42. The third kappa shape index (κ3) is 6.11. The van der Waals surface area contributed by atoms with E-state index in [1.54, 1.807) is 6.07 Å². The van der Waals surface area contributed by atoms with Crippen LogP contribution in [0.4, 0.5) is 4.39 Å². The summed E-state index contributed by atoms with van der Waals surface area (Å²) in [6.07, 6.45) is -0.302. The van der Waals surface area contributed by atoms with Crippen molar-refractivity contribution in [2.24, 2.45) is 5.92 Å². The van der Waals surface area contributed by atoms with Crippen molar-refractivity contribution >= 4 is 17.6 Å². The van der Waals surface area contributed by atoms with E-state index in [0.717, 1.165) is 22.3 Å². The average Bonchev–Trinajstić information content (AvgIpc) is 2.86. The molecule has 0 saturated carbocycles. The Balaban J connectivity index is 1.89. The summed E-state index contributed by atoms with van der Waals surface area (Å²) >= 11 is 6.72. The Kier molecular flexibility index (Phi) is 8.29. The molecule has 4 atom stereocenters. The maximum Gasteiger partial charge on any atom is 0.341 e. The zero-order chi connectivity index (χ0) is 27.6. The molecule has 1 N–H and O–H groups in total. The van der Waals surface area contributed by atoms with Crippen molar-refractivity contribution in [1.29, 1.82) is 0 Å². The first-order valence-electron chi connectivity index (χ1n) is 12.8. The number of benzene rings is 3. The molecule has 1 fully saturated rings. The Hall–Kier alpha value is -3.15. The van der Waals surface area contributed by atoms with E-state index >= 15 is 0 Å². The SMILES string of the molecule is C=C(C)[C@H]1C[C@H](c2ccccc2)[C@H](c2cccc(F)c2)O[C@@H]1c1cc(C(C)(C)C)cc(Cl)c1OCC(=O)O. The van der Waals surface area contributed by atoms with Crippen LogP contribution in [-0.2, 0) is 14.9 Å². The van der Waals surface area contributed by atoms with Crippen LogP contribution in [-0.4, -0.2) is 17.7 Å². The molecule has 0 spiro atoms. The summed E-state index contributed by atoms with van der Waals surface area (Å²) in [4.78, 5) is 11.4. The highest BCUT2D eigenvalue weighted by molar-refractivity contribution is 6.32. The van der Waals surface area contributed by atoms with Gasteiger partial charge in [-0.15, -0.1) is 0 Å². The van der Waals surface area contributed by atoms with Crippen LogP contribution in [0, 0.1) is 11.7 Å². The van der Waals surface area contributed by atoms with Crippen LogP contribution in [0.2, 0.25) is 5.02 Å². The summed E-state index contributed by atoms with van der Waals surface area (Å²) in [6, 6.07) is 20.4. The quantitative estimate of drug-likeness (QED) is 0.308. The number of hydrogen-bond donors (Lipinski definition) is 1. The van der Waals surface area contributed by atoms with E-state index < -0.39 is 24.8 Å². The maximum absolute atomic E-state index is 14.4. The van der Waals surface area contributed by atoms with Crippen molar-refractivity contribution in [3.05, 3.63) is 112 Å². The Morgan fingerprint density at radius 1 is 1.08 bits per heavy atom. The number of halogens is 2. The fraction of sp³-hybridized carbons (Fsp3) is 0.344. The summed E-state index contributed by atoms with van der Waals surface area (Å²) < 4.78 is 27.1. The second-order valence-corrected chi connectivity index (χ2v) is 11.5. The summed E-state index contributed by atoms with van der Waals surface area (Å²) in [7, 11) is 0. The summed E-state index contributed by atoms with van der Waals surface area (Å²) in [5, 5.41) is 9.64. The van der Waals surface area contributed by atoms with Gasteiger partial charge in [0.05, 0.1) is 17.2 Å². The highest BCUT2D eigenvalue weighted by Crippen LogP contribution is 2.54. The third-order valence-corrected chi connectivity index (χ3v) is 7.44. The first-order chi connectivity index (χ1) is 18.0. The summed E-state index contributed by atoms with van der Waals surface area (Å²) in [5.74, 6) is -1.33. The van der Waals surface area contributed by atoms with E-state index in [0.29, 0.717) is 17.0 Å². The van der Waals surface area contributed by atoms with E-state index in [9.17, 15) is 14.3 Å². The summed E-state index contributed by atoms with van der Waals surface area (Å²) in [5.41, 5.74) is 4.16. The molecule has 1 aliphatic heterocycles. The van der Waals surface area contributed by atoms with Gasteiger partial charge in [-0.05, 0) is 59.7 Å². The molecule has 3 aromatic carbocycles. The van der Waals surface area contributed by atoms with Crippen LogP contribution in [0.25, 0.3) is 0 Å². The van der Waals surface area contributed by atoms with E-state index in [1.165, 1.54) is 12.1 Å². The molecule has 0 radical (unpaired) electrons. The lowest BCUT2D eigenvalue weighted by Crippen LogP contribution is -2.32. The van der Waals surface area contributed by atoms with Gasteiger partial charge in [0.2, 0.25) is 0 Å². The normalized spacial score (nSPS) is 21.6. The lowest BCUT2D eigenvalue weighted by atomic mass is 9.73. The summed E-state index contributed by atoms with van der Waals surface area (Å²) in [6.45, 7) is 12.0.